The number of aryl methyl sites for hydroxylation is 2. The quantitative estimate of drug-likeness (QED) is 0.179. The fraction of sp³-hybridized carbons (Fsp3) is 0.0500. The monoisotopic (exact) mass is 627 g/mol. The summed E-state index contributed by atoms with van der Waals surface area (Å²) in [5, 5.41) is 31.5. The van der Waals surface area contributed by atoms with E-state index in [4.69, 9.17) is 13.1 Å². The molecule has 5 aromatic carbocycles. The maximum atomic E-state index is 10.4. The van der Waals surface area contributed by atoms with Crippen molar-refractivity contribution >= 4 is 33.2 Å². The van der Waals surface area contributed by atoms with Crippen LogP contribution in [0.2, 0.25) is 0 Å². The van der Waals surface area contributed by atoms with Crippen LogP contribution in [0, 0.1) is 61.0 Å². The van der Waals surface area contributed by atoms with E-state index in [1.807, 2.05) is 53.1 Å². The highest BCUT2D eigenvalue weighted by Crippen LogP contribution is 2.39. The van der Waals surface area contributed by atoms with Crippen molar-refractivity contribution in [2.75, 3.05) is 0 Å². The molecule has 0 saturated heterocycles. The van der Waals surface area contributed by atoms with Crippen LogP contribution in [0.15, 0.2) is 91.0 Å². The first-order valence-electron chi connectivity index (χ1n) is 15.0. The van der Waals surface area contributed by atoms with Gasteiger partial charge in [0.05, 0.1) is 47.6 Å². The van der Waals surface area contributed by atoms with E-state index in [1.54, 1.807) is 56.3 Å². The molecule has 0 aliphatic carbocycles. The van der Waals surface area contributed by atoms with Crippen molar-refractivity contribution in [3.05, 3.63) is 142 Å². The molecule has 9 heteroatoms. The van der Waals surface area contributed by atoms with Gasteiger partial charge in [0, 0.05) is 27.5 Å². The van der Waals surface area contributed by atoms with Crippen molar-refractivity contribution < 1.29 is 0 Å². The van der Waals surface area contributed by atoms with E-state index in [0.717, 1.165) is 44.1 Å². The van der Waals surface area contributed by atoms with E-state index in [1.165, 1.54) is 0 Å². The molecule has 7 rings (SSSR count). The van der Waals surface area contributed by atoms with Crippen LogP contribution in [0.25, 0.3) is 70.8 Å². The largest absolute Gasteiger partial charge is 0.308 e. The fourth-order valence-electron chi connectivity index (χ4n) is 6.15. The van der Waals surface area contributed by atoms with Gasteiger partial charge in [0.15, 0.2) is 17.2 Å². The molecule has 7 aromatic rings. The summed E-state index contributed by atoms with van der Waals surface area (Å²) in [5.74, 6) is 1.64. The number of fused-ring (bicyclic) bond motifs is 3. The Bertz CT molecular complexity index is 2540. The smallest absolute Gasteiger partial charge is 0.189 e. The molecule has 0 unspecified atom stereocenters. The second kappa shape index (κ2) is 11.9. The van der Waals surface area contributed by atoms with Crippen LogP contribution in [0.1, 0.15) is 28.3 Å². The van der Waals surface area contributed by atoms with Gasteiger partial charge in [0.25, 0.3) is 0 Å². The van der Waals surface area contributed by atoms with Gasteiger partial charge in [0.2, 0.25) is 0 Å². The Kier molecular flexibility index (Phi) is 7.32. The van der Waals surface area contributed by atoms with Crippen LogP contribution in [-0.4, -0.2) is 19.5 Å². The van der Waals surface area contributed by atoms with E-state index < -0.39 is 0 Å². The number of benzene rings is 5. The summed E-state index contributed by atoms with van der Waals surface area (Å²) in [6.45, 7) is 18.7. The molecule has 0 saturated carbocycles. The molecular weight excluding hydrogens is 607 g/mol. The molecule has 0 N–H and O–H groups in total. The second-order valence-corrected chi connectivity index (χ2v) is 11.4. The zero-order valence-corrected chi connectivity index (χ0v) is 26.2. The van der Waals surface area contributed by atoms with Gasteiger partial charge >= 0.3 is 0 Å². The summed E-state index contributed by atoms with van der Waals surface area (Å²) in [7, 11) is 0. The summed E-state index contributed by atoms with van der Waals surface area (Å²) in [6, 6.07) is 34.2. The van der Waals surface area contributed by atoms with Gasteiger partial charge in [-0.1, -0.05) is 24.3 Å². The molecule has 0 aliphatic heterocycles. The average molecular weight is 628 g/mol. The van der Waals surface area contributed by atoms with Gasteiger partial charge in [-0.25, -0.2) is 24.6 Å². The lowest BCUT2D eigenvalue weighted by Gasteiger charge is -2.13. The van der Waals surface area contributed by atoms with Crippen LogP contribution in [0.5, 0.6) is 0 Å². The standard InChI is InChI=1S/C40H21N9/c1-23-46-24(2)48-40(47-23)29-5-6-30(22-43)37(19-29)49-38-17-27(31-11-25(20-41)13-33(15-31)44-3)7-9-35(38)36-10-8-28(18-39(36)49)32-12-26(21-42)14-34(16-32)45-4/h5-19H,1-2H3. The maximum absolute atomic E-state index is 10.4. The Hall–Kier alpha value is -7.64. The summed E-state index contributed by atoms with van der Waals surface area (Å²) >= 11 is 0. The lowest BCUT2D eigenvalue weighted by Crippen LogP contribution is -2.02. The van der Waals surface area contributed by atoms with Crippen molar-refractivity contribution in [2.45, 2.75) is 13.8 Å². The Morgan fingerprint density at radius 1 is 0.551 bits per heavy atom. The van der Waals surface area contributed by atoms with Gasteiger partial charge in [-0.15, -0.1) is 0 Å². The third-order valence-corrected chi connectivity index (χ3v) is 8.26. The maximum Gasteiger partial charge on any atom is 0.189 e. The van der Waals surface area contributed by atoms with E-state index >= 15 is 0 Å². The van der Waals surface area contributed by atoms with Crippen LogP contribution < -0.4 is 0 Å². The molecule has 0 fully saturated rings. The van der Waals surface area contributed by atoms with Crippen molar-refractivity contribution in [3.8, 4) is 57.5 Å². The van der Waals surface area contributed by atoms with Gasteiger partial charge in [-0.3, -0.25) is 0 Å². The van der Waals surface area contributed by atoms with Crippen molar-refractivity contribution in [3.63, 3.8) is 0 Å². The predicted molar refractivity (Wildman–Crippen MR) is 187 cm³/mol. The lowest BCUT2D eigenvalue weighted by atomic mass is 9.99. The minimum Gasteiger partial charge on any atom is -0.308 e. The Morgan fingerprint density at radius 2 is 1.06 bits per heavy atom. The minimum atomic E-state index is 0.361. The van der Waals surface area contributed by atoms with Crippen LogP contribution in [0.4, 0.5) is 11.4 Å². The summed E-state index contributed by atoms with van der Waals surface area (Å²) in [4.78, 5) is 20.6. The van der Waals surface area contributed by atoms with E-state index in [9.17, 15) is 15.8 Å². The minimum absolute atomic E-state index is 0.361. The molecule has 0 radical (unpaired) electrons. The second-order valence-electron chi connectivity index (χ2n) is 11.4. The third-order valence-electron chi connectivity index (χ3n) is 8.26. The number of rotatable bonds is 4. The zero-order valence-electron chi connectivity index (χ0n) is 26.2. The average Bonchev–Trinajstić information content (AvgIpc) is 3.46. The first-order chi connectivity index (χ1) is 23.8. The van der Waals surface area contributed by atoms with Gasteiger partial charge in [-0.2, -0.15) is 15.8 Å². The first kappa shape index (κ1) is 30.0. The SMILES string of the molecule is [C-]#[N+]c1cc(C#N)cc(-c2ccc3c4ccc(-c5cc(C#N)cc([N+]#[C-])c5)cc4n(-c4cc(-c5nc(C)nc(C)n5)ccc4C#N)c3c2)c1. The molecule has 49 heavy (non-hydrogen) atoms. The molecule has 2 heterocycles. The predicted octanol–water partition coefficient (Wildman–Crippen LogP) is 9.30. The normalized spacial score (nSPS) is 10.6. The Labute approximate surface area is 281 Å². The summed E-state index contributed by atoms with van der Waals surface area (Å²) in [6.07, 6.45) is 0. The number of hydrogen-bond donors (Lipinski definition) is 0. The Balaban J connectivity index is 1.57. The van der Waals surface area contributed by atoms with Crippen LogP contribution in [0.3, 0.4) is 0 Å². The van der Waals surface area contributed by atoms with Crippen LogP contribution in [-0.2, 0) is 0 Å². The highest BCUT2D eigenvalue weighted by atomic mass is 15.0. The number of nitriles is 3. The van der Waals surface area contributed by atoms with Gasteiger partial charge in [0.1, 0.15) is 17.7 Å². The molecule has 226 valence electrons. The lowest BCUT2D eigenvalue weighted by molar-refractivity contribution is 0.928. The molecule has 0 spiro atoms. The molecule has 0 aliphatic rings. The molecular formula is C40H21N9. The summed E-state index contributed by atoms with van der Waals surface area (Å²) in [5.41, 5.74) is 7.82. The number of aromatic nitrogens is 4. The molecule has 0 bridgehead atoms. The highest BCUT2D eigenvalue weighted by molar-refractivity contribution is 6.11. The number of nitrogens with zero attached hydrogens (tertiary/aromatic N) is 9. The van der Waals surface area contributed by atoms with Gasteiger partial charge < -0.3 is 4.57 Å². The first-order valence-corrected chi connectivity index (χ1v) is 15.0. The van der Waals surface area contributed by atoms with E-state index in [2.05, 4.69) is 42.8 Å². The van der Waals surface area contributed by atoms with Crippen molar-refractivity contribution in [1.29, 1.82) is 15.8 Å². The highest BCUT2D eigenvalue weighted by Gasteiger charge is 2.19. The molecule has 2 aromatic heterocycles. The molecule has 0 amide bonds. The van der Waals surface area contributed by atoms with E-state index in [0.29, 0.717) is 56.8 Å². The van der Waals surface area contributed by atoms with Crippen molar-refractivity contribution in [1.82, 2.24) is 19.5 Å². The summed E-state index contributed by atoms with van der Waals surface area (Å²) < 4.78 is 2.02. The van der Waals surface area contributed by atoms with Crippen LogP contribution >= 0.6 is 0 Å². The topological polar surface area (TPSA) is 124 Å². The fourth-order valence-corrected chi connectivity index (χ4v) is 6.15. The van der Waals surface area contributed by atoms with Crippen molar-refractivity contribution in [2.24, 2.45) is 0 Å². The van der Waals surface area contributed by atoms with Gasteiger partial charge in [-0.05, 0) is 103 Å². The number of hydrogen-bond acceptors (Lipinski definition) is 6. The third kappa shape index (κ3) is 5.35. The zero-order chi connectivity index (χ0) is 34.2. The van der Waals surface area contributed by atoms with E-state index in [-0.39, 0.29) is 0 Å². The molecule has 9 nitrogen and oxygen atoms in total. The molecule has 0 atom stereocenters. The Morgan fingerprint density at radius 3 is 1.53 bits per heavy atom.